The van der Waals surface area contributed by atoms with E-state index in [1.165, 1.54) is 31.2 Å². The molecule has 0 bridgehead atoms. The van der Waals surface area contributed by atoms with Gasteiger partial charge in [0.2, 0.25) is 5.91 Å². The Morgan fingerprint density at radius 3 is 2.20 bits per heavy atom. The van der Waals surface area contributed by atoms with Crippen LogP contribution >= 0.6 is 0 Å². The predicted octanol–water partition coefficient (Wildman–Crippen LogP) is 2.84. The molecule has 3 aromatic rings. The third-order valence-corrected chi connectivity index (χ3v) is 4.83. The van der Waals surface area contributed by atoms with Crippen LogP contribution in [0.1, 0.15) is 6.92 Å². The molecule has 0 saturated heterocycles. The second-order valence-electron chi connectivity index (χ2n) is 5.35. The molecule has 128 valence electrons. The highest BCUT2D eigenvalue weighted by molar-refractivity contribution is 7.92. The minimum Gasteiger partial charge on any atom is -0.345 e. The molecule has 0 fully saturated rings. The van der Waals surface area contributed by atoms with Crippen molar-refractivity contribution < 1.29 is 13.2 Å². The first kappa shape index (κ1) is 16.7. The van der Waals surface area contributed by atoms with Crippen molar-refractivity contribution in [3.63, 3.8) is 0 Å². The van der Waals surface area contributed by atoms with E-state index in [1.807, 2.05) is 0 Å². The summed E-state index contributed by atoms with van der Waals surface area (Å²) in [6, 6.07) is 12.9. The molecule has 0 unspecified atom stereocenters. The highest BCUT2D eigenvalue weighted by Crippen LogP contribution is 2.22. The second-order valence-corrected chi connectivity index (χ2v) is 7.04. The number of benzene rings is 2. The van der Waals surface area contributed by atoms with E-state index in [9.17, 15) is 13.2 Å². The second kappa shape index (κ2) is 6.78. The van der Waals surface area contributed by atoms with Gasteiger partial charge >= 0.3 is 0 Å². The number of aromatic amines is 1. The number of imidazole rings is 1. The van der Waals surface area contributed by atoms with E-state index in [2.05, 4.69) is 20.0 Å². The highest BCUT2D eigenvalue weighted by atomic mass is 32.2. The molecule has 0 spiro atoms. The first-order valence-corrected chi connectivity index (χ1v) is 8.92. The highest BCUT2D eigenvalue weighted by Gasteiger charge is 2.14. The van der Waals surface area contributed by atoms with Crippen LogP contribution in [0.3, 0.4) is 0 Å². The van der Waals surface area contributed by atoms with Crippen molar-refractivity contribution >= 4 is 27.3 Å². The van der Waals surface area contributed by atoms with E-state index in [-0.39, 0.29) is 10.8 Å². The topological polar surface area (TPSA) is 104 Å². The Hall–Kier alpha value is -3.13. The van der Waals surface area contributed by atoms with E-state index in [4.69, 9.17) is 0 Å². The van der Waals surface area contributed by atoms with Crippen molar-refractivity contribution in [2.24, 2.45) is 0 Å². The molecule has 0 atom stereocenters. The number of carbonyl (C=O) groups excluding carboxylic acids is 1. The van der Waals surface area contributed by atoms with Crippen LogP contribution in [0, 0.1) is 0 Å². The van der Waals surface area contributed by atoms with Crippen LogP contribution in [0.5, 0.6) is 0 Å². The number of rotatable bonds is 5. The first-order chi connectivity index (χ1) is 11.9. The van der Waals surface area contributed by atoms with Gasteiger partial charge in [0.1, 0.15) is 0 Å². The number of nitrogens with zero attached hydrogens (tertiary/aromatic N) is 1. The van der Waals surface area contributed by atoms with E-state index in [0.29, 0.717) is 11.4 Å². The van der Waals surface area contributed by atoms with Crippen molar-refractivity contribution in [3.05, 3.63) is 61.1 Å². The Morgan fingerprint density at radius 1 is 1.00 bits per heavy atom. The number of aromatic nitrogens is 2. The van der Waals surface area contributed by atoms with Gasteiger partial charge in [-0.05, 0) is 42.0 Å². The van der Waals surface area contributed by atoms with Gasteiger partial charge in [0.25, 0.3) is 10.0 Å². The molecule has 1 amide bonds. The summed E-state index contributed by atoms with van der Waals surface area (Å²) in [4.78, 5) is 18.0. The van der Waals surface area contributed by atoms with Crippen molar-refractivity contribution in [1.82, 2.24) is 9.97 Å². The van der Waals surface area contributed by atoms with E-state index < -0.39 is 10.0 Å². The van der Waals surface area contributed by atoms with Gasteiger partial charge in [-0.1, -0.05) is 12.1 Å². The number of nitrogens with one attached hydrogen (secondary N) is 3. The van der Waals surface area contributed by atoms with Crippen LogP contribution in [0.15, 0.2) is 66.0 Å². The van der Waals surface area contributed by atoms with E-state index in [1.54, 1.807) is 36.8 Å². The van der Waals surface area contributed by atoms with Crippen LogP contribution in [0.2, 0.25) is 0 Å². The van der Waals surface area contributed by atoms with Crippen molar-refractivity contribution in [2.75, 3.05) is 10.0 Å². The molecule has 1 heterocycles. The maximum absolute atomic E-state index is 12.4. The SMILES string of the molecule is CC(=O)Nc1ccc(S(=O)(=O)Nc2ccc(-c3cnc[nH]3)cc2)cc1. The Balaban J connectivity index is 1.75. The van der Waals surface area contributed by atoms with Crippen LogP contribution in [0.4, 0.5) is 11.4 Å². The summed E-state index contributed by atoms with van der Waals surface area (Å²) in [7, 11) is -3.71. The number of hydrogen-bond donors (Lipinski definition) is 3. The molecule has 0 aliphatic heterocycles. The predicted molar refractivity (Wildman–Crippen MR) is 95.6 cm³/mol. The largest absolute Gasteiger partial charge is 0.345 e. The quantitative estimate of drug-likeness (QED) is 0.654. The zero-order chi connectivity index (χ0) is 17.9. The van der Waals surface area contributed by atoms with Gasteiger partial charge in [0, 0.05) is 18.3 Å². The average molecular weight is 356 g/mol. The van der Waals surface area contributed by atoms with Crippen molar-refractivity contribution in [1.29, 1.82) is 0 Å². The van der Waals surface area contributed by atoms with Gasteiger partial charge < -0.3 is 10.3 Å². The lowest BCUT2D eigenvalue weighted by atomic mass is 10.1. The summed E-state index contributed by atoms with van der Waals surface area (Å²) in [5.41, 5.74) is 2.74. The number of amides is 1. The standard InChI is InChI=1S/C17H16N4O3S/c1-12(22)20-14-6-8-16(9-7-14)25(23,24)21-15-4-2-13(3-5-15)17-10-18-11-19-17/h2-11,21H,1H3,(H,18,19)(H,20,22). The molecule has 7 nitrogen and oxygen atoms in total. The molecule has 3 N–H and O–H groups in total. The lowest BCUT2D eigenvalue weighted by Crippen LogP contribution is -2.13. The third kappa shape index (κ3) is 4.04. The van der Waals surface area contributed by atoms with Gasteiger partial charge in [0.05, 0.1) is 23.1 Å². The molecule has 25 heavy (non-hydrogen) atoms. The summed E-state index contributed by atoms with van der Waals surface area (Å²) in [6.07, 6.45) is 3.27. The molecular weight excluding hydrogens is 340 g/mol. The number of anilines is 2. The number of sulfonamides is 1. The van der Waals surface area contributed by atoms with Crippen molar-refractivity contribution in [2.45, 2.75) is 11.8 Å². The van der Waals surface area contributed by atoms with E-state index in [0.717, 1.165) is 11.3 Å². The Morgan fingerprint density at radius 2 is 1.64 bits per heavy atom. The van der Waals surface area contributed by atoms with Gasteiger partial charge in [-0.15, -0.1) is 0 Å². The minimum absolute atomic E-state index is 0.110. The van der Waals surface area contributed by atoms with Gasteiger partial charge in [-0.25, -0.2) is 13.4 Å². The normalized spacial score (nSPS) is 11.1. The van der Waals surface area contributed by atoms with Crippen LogP contribution in [-0.2, 0) is 14.8 Å². The number of hydrogen-bond acceptors (Lipinski definition) is 4. The maximum atomic E-state index is 12.4. The summed E-state index contributed by atoms with van der Waals surface area (Å²) in [5, 5.41) is 2.59. The van der Waals surface area contributed by atoms with Crippen molar-refractivity contribution in [3.8, 4) is 11.3 Å². The molecule has 0 aliphatic rings. The monoisotopic (exact) mass is 356 g/mol. The van der Waals surface area contributed by atoms with Crippen LogP contribution < -0.4 is 10.0 Å². The fourth-order valence-corrected chi connectivity index (χ4v) is 3.32. The summed E-state index contributed by atoms with van der Waals surface area (Å²) < 4.78 is 27.4. The minimum atomic E-state index is -3.71. The van der Waals surface area contributed by atoms with Gasteiger partial charge in [-0.2, -0.15) is 0 Å². The summed E-state index contributed by atoms with van der Waals surface area (Å²) in [6.45, 7) is 1.39. The Labute approximate surface area is 145 Å². The summed E-state index contributed by atoms with van der Waals surface area (Å²) in [5.74, 6) is -0.217. The average Bonchev–Trinajstić information content (AvgIpc) is 3.09. The molecule has 1 aromatic heterocycles. The molecule has 0 saturated carbocycles. The summed E-state index contributed by atoms with van der Waals surface area (Å²) >= 11 is 0. The van der Waals surface area contributed by atoms with Gasteiger partial charge in [-0.3, -0.25) is 9.52 Å². The lowest BCUT2D eigenvalue weighted by Gasteiger charge is -2.09. The van der Waals surface area contributed by atoms with Gasteiger partial charge in [0.15, 0.2) is 0 Å². The zero-order valence-corrected chi connectivity index (χ0v) is 14.2. The lowest BCUT2D eigenvalue weighted by molar-refractivity contribution is -0.114. The zero-order valence-electron chi connectivity index (χ0n) is 13.4. The fourth-order valence-electron chi connectivity index (χ4n) is 2.27. The molecule has 0 aliphatic carbocycles. The number of H-pyrrole nitrogens is 1. The smallest absolute Gasteiger partial charge is 0.261 e. The Kier molecular flexibility index (Phi) is 4.53. The van der Waals surface area contributed by atoms with Crippen LogP contribution in [0.25, 0.3) is 11.3 Å². The Bertz CT molecular complexity index is 964. The fraction of sp³-hybridized carbons (Fsp3) is 0.0588. The first-order valence-electron chi connectivity index (χ1n) is 7.43. The molecule has 3 rings (SSSR count). The number of carbonyl (C=O) groups is 1. The van der Waals surface area contributed by atoms with E-state index >= 15 is 0 Å². The molecule has 8 heteroatoms. The molecule has 2 aromatic carbocycles. The molecule has 0 radical (unpaired) electrons. The van der Waals surface area contributed by atoms with Crippen LogP contribution in [-0.4, -0.2) is 24.3 Å². The molecular formula is C17H16N4O3S. The maximum Gasteiger partial charge on any atom is 0.261 e. The third-order valence-electron chi connectivity index (χ3n) is 3.43.